The van der Waals surface area contributed by atoms with Gasteiger partial charge >= 0.3 is 0 Å². The van der Waals surface area contributed by atoms with Gasteiger partial charge in [-0.15, -0.1) is 0 Å². The zero-order valence-electron chi connectivity index (χ0n) is 10.3. The molecule has 0 radical (unpaired) electrons. The van der Waals surface area contributed by atoms with Crippen LogP contribution in [0.25, 0.3) is 0 Å². The van der Waals surface area contributed by atoms with Crippen LogP contribution in [-0.4, -0.2) is 19.1 Å². The molecule has 18 heavy (non-hydrogen) atoms. The average molecular weight is 249 g/mol. The Morgan fingerprint density at radius 2 is 2.28 bits per heavy atom. The van der Waals surface area contributed by atoms with Crippen LogP contribution >= 0.6 is 0 Å². The Labute approximate surface area is 105 Å². The lowest BCUT2D eigenvalue weighted by Crippen LogP contribution is -2.17. The highest BCUT2D eigenvalue weighted by molar-refractivity contribution is 5.82. The molecule has 0 spiro atoms. The van der Waals surface area contributed by atoms with E-state index in [2.05, 4.69) is 5.32 Å². The zero-order chi connectivity index (χ0) is 12.7. The Bertz CT molecular complexity index is 501. The van der Waals surface area contributed by atoms with Gasteiger partial charge in [0.25, 0.3) is 0 Å². The Hall–Kier alpha value is -1.58. The van der Waals surface area contributed by atoms with Crippen LogP contribution < -0.4 is 10.1 Å². The highest BCUT2D eigenvalue weighted by Crippen LogP contribution is 2.35. The van der Waals surface area contributed by atoms with E-state index in [9.17, 15) is 9.18 Å². The number of hydrogen-bond donors (Lipinski definition) is 1. The second-order valence-corrected chi connectivity index (χ2v) is 5.07. The summed E-state index contributed by atoms with van der Waals surface area (Å²) in [6, 6.07) is 3.35. The van der Waals surface area contributed by atoms with Gasteiger partial charge in [-0.3, -0.25) is 4.79 Å². The molecule has 2 atom stereocenters. The molecule has 1 fully saturated rings. The third-order valence-electron chi connectivity index (χ3n) is 3.94. The first-order valence-electron chi connectivity index (χ1n) is 6.39. The molecule has 2 heterocycles. The van der Waals surface area contributed by atoms with Gasteiger partial charge in [0.1, 0.15) is 11.6 Å². The van der Waals surface area contributed by atoms with Gasteiger partial charge < -0.3 is 10.1 Å². The minimum atomic E-state index is -0.260. The van der Waals surface area contributed by atoms with Gasteiger partial charge in [0, 0.05) is 24.4 Å². The molecule has 0 unspecified atom stereocenters. The maximum atomic E-state index is 14.1. The second kappa shape index (κ2) is 4.26. The zero-order valence-corrected chi connectivity index (χ0v) is 10.3. The molecule has 1 saturated heterocycles. The highest BCUT2D eigenvalue weighted by atomic mass is 19.1. The molecule has 96 valence electrons. The van der Waals surface area contributed by atoms with Crippen LogP contribution in [-0.2, 0) is 11.2 Å². The van der Waals surface area contributed by atoms with Crippen molar-refractivity contribution < 1.29 is 13.9 Å². The largest absolute Gasteiger partial charge is 0.493 e. The van der Waals surface area contributed by atoms with Crippen molar-refractivity contribution >= 4 is 5.91 Å². The van der Waals surface area contributed by atoms with E-state index in [1.165, 1.54) is 6.07 Å². The predicted molar refractivity (Wildman–Crippen MR) is 65.1 cm³/mol. The first-order valence-corrected chi connectivity index (χ1v) is 6.39. The summed E-state index contributed by atoms with van der Waals surface area (Å²) in [5.74, 6) is 0.177. The number of ether oxygens (including phenoxy) is 1. The number of carbonyl (C=O) groups is 1. The van der Waals surface area contributed by atoms with Crippen LogP contribution in [0.4, 0.5) is 4.39 Å². The van der Waals surface area contributed by atoms with E-state index >= 15 is 0 Å². The van der Waals surface area contributed by atoms with E-state index in [4.69, 9.17) is 4.74 Å². The van der Waals surface area contributed by atoms with Crippen molar-refractivity contribution in [1.82, 2.24) is 5.32 Å². The number of rotatable bonds is 1. The lowest BCUT2D eigenvalue weighted by Gasteiger charge is -2.21. The Morgan fingerprint density at radius 3 is 3.00 bits per heavy atom. The molecule has 0 saturated carbocycles. The smallest absolute Gasteiger partial charge is 0.223 e. The molecule has 2 aliphatic heterocycles. The number of hydrogen-bond acceptors (Lipinski definition) is 2. The summed E-state index contributed by atoms with van der Waals surface area (Å²) in [5.41, 5.74) is 1.70. The van der Waals surface area contributed by atoms with Crippen LogP contribution in [0.5, 0.6) is 5.75 Å². The van der Waals surface area contributed by atoms with Gasteiger partial charge in [0.05, 0.1) is 6.61 Å². The van der Waals surface area contributed by atoms with Gasteiger partial charge in [-0.25, -0.2) is 4.39 Å². The minimum Gasteiger partial charge on any atom is -0.493 e. The third kappa shape index (κ3) is 1.76. The molecule has 0 aliphatic carbocycles. The van der Waals surface area contributed by atoms with Crippen LogP contribution in [0.3, 0.4) is 0 Å². The average Bonchev–Trinajstić information content (AvgIpc) is 2.69. The summed E-state index contributed by atoms with van der Waals surface area (Å²) in [6.45, 7) is 3.03. The van der Waals surface area contributed by atoms with E-state index in [1.807, 2.05) is 13.0 Å². The van der Waals surface area contributed by atoms with Crippen molar-refractivity contribution in [1.29, 1.82) is 0 Å². The van der Waals surface area contributed by atoms with Gasteiger partial charge in [-0.1, -0.05) is 6.92 Å². The van der Waals surface area contributed by atoms with Gasteiger partial charge in [0.15, 0.2) is 0 Å². The van der Waals surface area contributed by atoms with Crippen LogP contribution in [0.1, 0.15) is 30.4 Å². The minimum absolute atomic E-state index is 0.00775. The molecule has 3 rings (SSSR count). The highest BCUT2D eigenvalue weighted by Gasteiger charge is 2.34. The number of amides is 1. The molecule has 1 N–H and O–H groups in total. The summed E-state index contributed by atoms with van der Waals surface area (Å²) in [6.07, 6.45) is 1.89. The summed E-state index contributed by atoms with van der Waals surface area (Å²) in [5, 5.41) is 2.79. The molecular formula is C14H16FNO2. The van der Waals surface area contributed by atoms with Crippen LogP contribution in [0, 0.1) is 11.7 Å². The topological polar surface area (TPSA) is 38.3 Å². The quantitative estimate of drug-likeness (QED) is 0.826. The molecule has 1 aromatic carbocycles. The molecule has 4 heteroatoms. The number of aryl methyl sites for hydroxylation is 1. The Balaban J connectivity index is 1.99. The standard InChI is InChI=1S/C14H16FNO2/c1-8-11(7-16-14(8)17)10-5-9-3-2-4-18-13(9)6-12(10)15/h5-6,8,11H,2-4,7H2,1H3,(H,16,17)/t8-,11+/m0/s1. The molecule has 1 aromatic rings. The maximum absolute atomic E-state index is 14.1. The summed E-state index contributed by atoms with van der Waals surface area (Å²) in [4.78, 5) is 11.5. The summed E-state index contributed by atoms with van der Waals surface area (Å²) in [7, 11) is 0. The fourth-order valence-corrected chi connectivity index (χ4v) is 2.79. The normalized spacial score (nSPS) is 26.4. The summed E-state index contributed by atoms with van der Waals surface area (Å²) >= 11 is 0. The number of carbonyl (C=O) groups excluding carboxylic acids is 1. The van der Waals surface area contributed by atoms with E-state index < -0.39 is 0 Å². The first kappa shape index (κ1) is 11.5. The van der Waals surface area contributed by atoms with E-state index in [0.29, 0.717) is 24.5 Å². The van der Waals surface area contributed by atoms with Crippen LogP contribution in [0.2, 0.25) is 0 Å². The van der Waals surface area contributed by atoms with Gasteiger partial charge in [-0.05, 0) is 30.0 Å². The van der Waals surface area contributed by atoms with E-state index in [0.717, 1.165) is 18.4 Å². The van der Waals surface area contributed by atoms with Crippen molar-refractivity contribution in [2.75, 3.05) is 13.2 Å². The maximum Gasteiger partial charge on any atom is 0.223 e. The van der Waals surface area contributed by atoms with Crippen molar-refractivity contribution in [3.05, 3.63) is 29.1 Å². The molecule has 1 amide bonds. The number of nitrogens with one attached hydrogen (secondary N) is 1. The molecular weight excluding hydrogens is 233 g/mol. The number of benzene rings is 1. The lowest BCUT2D eigenvalue weighted by atomic mass is 9.87. The fourth-order valence-electron chi connectivity index (χ4n) is 2.79. The molecule has 3 nitrogen and oxygen atoms in total. The van der Waals surface area contributed by atoms with E-state index in [-0.39, 0.29) is 23.6 Å². The van der Waals surface area contributed by atoms with Gasteiger partial charge in [0.2, 0.25) is 5.91 Å². The van der Waals surface area contributed by atoms with Crippen molar-refractivity contribution in [2.24, 2.45) is 5.92 Å². The molecule has 0 aromatic heterocycles. The summed E-state index contributed by atoms with van der Waals surface area (Å²) < 4.78 is 19.6. The van der Waals surface area contributed by atoms with E-state index in [1.54, 1.807) is 0 Å². The monoisotopic (exact) mass is 249 g/mol. The fraction of sp³-hybridized carbons (Fsp3) is 0.500. The van der Waals surface area contributed by atoms with Gasteiger partial charge in [-0.2, -0.15) is 0 Å². The second-order valence-electron chi connectivity index (χ2n) is 5.07. The number of halogens is 1. The van der Waals surface area contributed by atoms with Crippen molar-refractivity contribution in [2.45, 2.75) is 25.7 Å². The van der Waals surface area contributed by atoms with Crippen molar-refractivity contribution in [3.63, 3.8) is 0 Å². The lowest BCUT2D eigenvalue weighted by molar-refractivity contribution is -0.122. The molecule has 2 aliphatic rings. The Kier molecular flexibility index (Phi) is 2.73. The predicted octanol–water partition coefficient (Wildman–Crippen LogP) is 2.00. The SMILES string of the molecule is C[C@@H]1C(=O)NC[C@H]1c1cc2c(cc1F)OCCC2. The van der Waals surface area contributed by atoms with Crippen LogP contribution in [0.15, 0.2) is 12.1 Å². The Morgan fingerprint density at radius 1 is 1.44 bits per heavy atom. The third-order valence-corrected chi connectivity index (χ3v) is 3.94. The number of fused-ring (bicyclic) bond motifs is 1. The van der Waals surface area contributed by atoms with Crippen molar-refractivity contribution in [3.8, 4) is 5.75 Å². The molecule has 0 bridgehead atoms. The first-order chi connectivity index (χ1) is 8.66.